The van der Waals surface area contributed by atoms with E-state index in [9.17, 15) is 4.79 Å². The third-order valence-corrected chi connectivity index (χ3v) is 2.12. The largest absolute Gasteiger partial charge is 0.481 e. The topological polar surface area (TPSA) is 75.1 Å². The molecule has 1 aromatic rings. The fourth-order valence-corrected chi connectivity index (χ4v) is 0.898. The number of aromatic nitrogens is 2. The summed E-state index contributed by atoms with van der Waals surface area (Å²) in [4.78, 5) is 10.8. The van der Waals surface area contributed by atoms with Gasteiger partial charge in [-0.1, -0.05) is 11.6 Å². The Labute approximate surface area is 92.5 Å². The fourth-order valence-electron chi connectivity index (χ4n) is 0.797. The minimum Gasteiger partial charge on any atom is -0.481 e. The van der Waals surface area contributed by atoms with Crippen LogP contribution < -0.4 is 5.32 Å². The molecule has 0 spiro atoms. The lowest BCUT2D eigenvalue weighted by Gasteiger charge is -2.19. The molecular formula is C9H12ClN3O2. The number of nitrogens with one attached hydrogen (secondary N) is 1. The summed E-state index contributed by atoms with van der Waals surface area (Å²) in [6.07, 6.45) is 0. The van der Waals surface area contributed by atoms with Crippen LogP contribution in [0.2, 0.25) is 5.15 Å². The number of hydrogen-bond donors (Lipinski definition) is 2. The Morgan fingerprint density at radius 3 is 2.67 bits per heavy atom. The highest BCUT2D eigenvalue weighted by molar-refractivity contribution is 6.29. The van der Waals surface area contributed by atoms with Crippen molar-refractivity contribution in [1.29, 1.82) is 0 Å². The van der Waals surface area contributed by atoms with E-state index in [1.165, 1.54) is 0 Å². The van der Waals surface area contributed by atoms with Gasteiger partial charge < -0.3 is 10.4 Å². The molecule has 0 amide bonds. The lowest BCUT2D eigenvalue weighted by atomic mass is 9.94. The third kappa shape index (κ3) is 3.36. The summed E-state index contributed by atoms with van der Waals surface area (Å²) in [5, 5.41) is 19.4. The smallest absolute Gasteiger partial charge is 0.310 e. The van der Waals surface area contributed by atoms with Crippen LogP contribution in [0, 0.1) is 5.41 Å². The summed E-state index contributed by atoms with van der Waals surface area (Å²) in [6.45, 7) is 3.54. The molecule has 0 radical (unpaired) electrons. The molecule has 1 rings (SSSR count). The Bertz CT molecular complexity index is 351. The van der Waals surface area contributed by atoms with E-state index in [4.69, 9.17) is 16.7 Å². The van der Waals surface area contributed by atoms with E-state index in [1.807, 2.05) is 0 Å². The Kier molecular flexibility index (Phi) is 3.47. The highest BCUT2D eigenvalue weighted by atomic mass is 35.5. The van der Waals surface area contributed by atoms with Gasteiger partial charge in [0.15, 0.2) is 5.15 Å². The van der Waals surface area contributed by atoms with Gasteiger partial charge >= 0.3 is 5.97 Å². The standard InChI is InChI=1S/C9H12ClN3O2/c1-9(2,8(14)15)5-11-7-4-3-6(10)12-13-7/h3-4H,5H2,1-2H3,(H,11,13)(H,14,15). The summed E-state index contributed by atoms with van der Waals surface area (Å²) in [7, 11) is 0. The molecule has 0 fully saturated rings. The number of halogens is 1. The van der Waals surface area contributed by atoms with Crippen molar-refractivity contribution in [1.82, 2.24) is 10.2 Å². The van der Waals surface area contributed by atoms with E-state index in [0.29, 0.717) is 11.0 Å². The van der Waals surface area contributed by atoms with Crippen molar-refractivity contribution >= 4 is 23.4 Å². The molecule has 0 bridgehead atoms. The van der Waals surface area contributed by atoms with Crippen LogP contribution >= 0.6 is 11.6 Å². The van der Waals surface area contributed by atoms with E-state index in [1.54, 1.807) is 26.0 Å². The lowest BCUT2D eigenvalue weighted by Crippen LogP contribution is -2.32. The maximum Gasteiger partial charge on any atom is 0.310 e. The van der Waals surface area contributed by atoms with Gasteiger partial charge in [0.05, 0.1) is 5.41 Å². The van der Waals surface area contributed by atoms with Gasteiger partial charge in [0, 0.05) is 6.54 Å². The summed E-state index contributed by atoms with van der Waals surface area (Å²) < 4.78 is 0. The zero-order chi connectivity index (χ0) is 11.5. The van der Waals surface area contributed by atoms with E-state index in [2.05, 4.69) is 15.5 Å². The monoisotopic (exact) mass is 229 g/mol. The molecule has 0 atom stereocenters. The average molecular weight is 230 g/mol. The summed E-state index contributed by atoms with van der Waals surface area (Å²) in [5.41, 5.74) is -0.846. The third-order valence-electron chi connectivity index (χ3n) is 1.92. The van der Waals surface area contributed by atoms with Crippen molar-refractivity contribution in [3.8, 4) is 0 Å². The van der Waals surface area contributed by atoms with Crippen LogP contribution in [0.4, 0.5) is 5.82 Å². The first-order valence-electron chi connectivity index (χ1n) is 4.38. The van der Waals surface area contributed by atoms with Crippen LogP contribution in [0.5, 0.6) is 0 Å². The first kappa shape index (κ1) is 11.7. The molecule has 0 aliphatic heterocycles. The Morgan fingerprint density at radius 2 is 2.20 bits per heavy atom. The maximum atomic E-state index is 10.8. The molecule has 1 heterocycles. The Balaban J connectivity index is 2.57. The first-order chi connectivity index (χ1) is 6.92. The molecule has 0 saturated heterocycles. The van der Waals surface area contributed by atoms with E-state index < -0.39 is 11.4 Å². The van der Waals surface area contributed by atoms with Crippen molar-refractivity contribution in [2.75, 3.05) is 11.9 Å². The lowest BCUT2D eigenvalue weighted by molar-refractivity contribution is -0.146. The Morgan fingerprint density at radius 1 is 1.53 bits per heavy atom. The molecular weight excluding hydrogens is 218 g/mol. The number of aliphatic carboxylic acids is 1. The van der Waals surface area contributed by atoms with Crippen molar-refractivity contribution < 1.29 is 9.90 Å². The highest BCUT2D eigenvalue weighted by Crippen LogP contribution is 2.16. The highest BCUT2D eigenvalue weighted by Gasteiger charge is 2.26. The van der Waals surface area contributed by atoms with Gasteiger partial charge in [-0.2, -0.15) is 0 Å². The number of carboxylic acid groups (broad SMARTS) is 1. The van der Waals surface area contributed by atoms with E-state index >= 15 is 0 Å². The summed E-state index contributed by atoms with van der Waals surface area (Å²) in [5.74, 6) is -0.356. The zero-order valence-corrected chi connectivity index (χ0v) is 9.25. The second-order valence-electron chi connectivity index (χ2n) is 3.78. The number of anilines is 1. The number of hydrogen-bond acceptors (Lipinski definition) is 4. The SMILES string of the molecule is CC(C)(CNc1ccc(Cl)nn1)C(=O)O. The molecule has 0 aliphatic carbocycles. The van der Waals surface area contributed by atoms with Gasteiger partial charge in [-0.25, -0.2) is 0 Å². The van der Waals surface area contributed by atoms with E-state index in [-0.39, 0.29) is 6.54 Å². The van der Waals surface area contributed by atoms with Crippen LogP contribution in [0.15, 0.2) is 12.1 Å². The molecule has 1 aromatic heterocycles. The van der Waals surface area contributed by atoms with Crippen molar-refractivity contribution in [3.05, 3.63) is 17.3 Å². The van der Waals surface area contributed by atoms with E-state index in [0.717, 1.165) is 0 Å². The summed E-state index contributed by atoms with van der Waals surface area (Å²) in [6, 6.07) is 3.23. The van der Waals surface area contributed by atoms with Gasteiger partial charge in [-0.3, -0.25) is 4.79 Å². The second kappa shape index (κ2) is 4.44. The predicted octanol–water partition coefficient (Wildman–Crippen LogP) is 1.65. The predicted molar refractivity (Wildman–Crippen MR) is 56.9 cm³/mol. The summed E-state index contributed by atoms with van der Waals surface area (Å²) >= 11 is 5.56. The molecule has 5 nitrogen and oxygen atoms in total. The van der Waals surface area contributed by atoms with Crippen LogP contribution in [0.3, 0.4) is 0 Å². The first-order valence-corrected chi connectivity index (χ1v) is 4.76. The van der Waals surface area contributed by atoms with Crippen LogP contribution in [-0.2, 0) is 4.79 Å². The normalized spacial score (nSPS) is 11.1. The molecule has 0 unspecified atom stereocenters. The van der Waals surface area contributed by atoms with Crippen molar-refractivity contribution in [2.45, 2.75) is 13.8 Å². The number of carboxylic acids is 1. The number of rotatable bonds is 4. The number of nitrogens with zero attached hydrogens (tertiary/aromatic N) is 2. The number of carbonyl (C=O) groups is 1. The molecule has 2 N–H and O–H groups in total. The maximum absolute atomic E-state index is 10.8. The van der Waals surface area contributed by atoms with Gasteiger partial charge in [0.2, 0.25) is 0 Å². The Hall–Kier alpha value is -1.36. The van der Waals surface area contributed by atoms with Crippen LogP contribution in [0.25, 0.3) is 0 Å². The molecule has 15 heavy (non-hydrogen) atoms. The van der Waals surface area contributed by atoms with Gasteiger partial charge in [0.25, 0.3) is 0 Å². The molecule has 6 heteroatoms. The fraction of sp³-hybridized carbons (Fsp3) is 0.444. The van der Waals surface area contributed by atoms with Gasteiger partial charge in [-0.05, 0) is 26.0 Å². The quantitative estimate of drug-likeness (QED) is 0.821. The van der Waals surface area contributed by atoms with Gasteiger partial charge in [-0.15, -0.1) is 10.2 Å². The van der Waals surface area contributed by atoms with Crippen LogP contribution in [0.1, 0.15) is 13.8 Å². The van der Waals surface area contributed by atoms with Crippen molar-refractivity contribution in [3.63, 3.8) is 0 Å². The molecule has 0 saturated carbocycles. The zero-order valence-electron chi connectivity index (χ0n) is 8.49. The second-order valence-corrected chi connectivity index (χ2v) is 4.17. The minimum atomic E-state index is -0.864. The van der Waals surface area contributed by atoms with Gasteiger partial charge in [0.1, 0.15) is 5.82 Å². The van der Waals surface area contributed by atoms with Crippen LogP contribution in [-0.4, -0.2) is 27.8 Å². The molecule has 0 aliphatic rings. The molecule has 0 aromatic carbocycles. The minimum absolute atomic E-state index is 0.276. The average Bonchev–Trinajstić information content (AvgIpc) is 2.17. The van der Waals surface area contributed by atoms with Crippen molar-refractivity contribution in [2.24, 2.45) is 5.41 Å². The molecule has 82 valence electrons.